The van der Waals surface area contributed by atoms with Crippen LogP contribution in [0.1, 0.15) is 51.9 Å². The van der Waals surface area contributed by atoms with E-state index < -0.39 is 36.4 Å². The van der Waals surface area contributed by atoms with Crippen LogP contribution in [-0.4, -0.2) is 82.4 Å². The number of hydrogen-bond acceptors (Lipinski definition) is 8. The van der Waals surface area contributed by atoms with Crippen LogP contribution in [0.2, 0.25) is 0 Å². The Morgan fingerprint density at radius 2 is 1.79 bits per heavy atom. The van der Waals surface area contributed by atoms with Crippen LogP contribution >= 0.6 is 11.8 Å². The third-order valence-corrected chi connectivity index (χ3v) is 6.04. The predicted octanol–water partition coefficient (Wildman–Crippen LogP) is -0.531. The molecule has 1 aliphatic heterocycles. The zero-order chi connectivity index (χ0) is 21.6. The number of aliphatic hydroxyl groups is 3. The van der Waals surface area contributed by atoms with Crippen LogP contribution in [0.4, 0.5) is 0 Å². The van der Waals surface area contributed by atoms with Crippen molar-refractivity contribution in [2.75, 3.05) is 25.4 Å². The van der Waals surface area contributed by atoms with Crippen molar-refractivity contribution in [2.45, 2.75) is 81.7 Å². The molecule has 0 bridgehead atoms. The van der Waals surface area contributed by atoms with Gasteiger partial charge in [-0.2, -0.15) is 0 Å². The van der Waals surface area contributed by atoms with E-state index >= 15 is 0 Å². The van der Waals surface area contributed by atoms with Gasteiger partial charge in [0.2, 0.25) is 11.8 Å². The Morgan fingerprint density at radius 1 is 1.07 bits per heavy atom. The van der Waals surface area contributed by atoms with Crippen LogP contribution in [0.25, 0.3) is 0 Å². The van der Waals surface area contributed by atoms with Crippen molar-refractivity contribution in [3.05, 3.63) is 0 Å². The highest BCUT2D eigenvalue weighted by atomic mass is 32.2. The summed E-state index contributed by atoms with van der Waals surface area (Å²) in [6, 6.07) is -0.742. The van der Waals surface area contributed by atoms with Crippen LogP contribution in [-0.2, 0) is 14.3 Å². The van der Waals surface area contributed by atoms with Gasteiger partial charge < -0.3 is 36.4 Å². The topological polar surface area (TPSA) is 154 Å². The summed E-state index contributed by atoms with van der Waals surface area (Å²) in [5.41, 5.74) is 4.87. The number of nitrogens with two attached hydrogens (primary N) is 1. The van der Waals surface area contributed by atoms with Gasteiger partial charge in [-0.3, -0.25) is 9.59 Å². The van der Waals surface area contributed by atoms with E-state index in [0.29, 0.717) is 19.5 Å². The van der Waals surface area contributed by atoms with Crippen molar-refractivity contribution < 1.29 is 29.6 Å². The molecule has 0 saturated carbocycles. The minimum atomic E-state index is -1.26. The molecule has 1 aliphatic rings. The van der Waals surface area contributed by atoms with Crippen molar-refractivity contribution in [1.82, 2.24) is 10.6 Å². The minimum absolute atomic E-state index is 0.0766. The number of nitrogens with one attached hydrogen (secondary N) is 2. The fourth-order valence-corrected chi connectivity index (χ4v) is 4.40. The van der Waals surface area contributed by atoms with Gasteiger partial charge in [-0.15, -0.1) is 11.8 Å². The molecule has 9 nitrogen and oxygen atoms in total. The van der Waals surface area contributed by atoms with Gasteiger partial charge in [0.1, 0.15) is 23.7 Å². The zero-order valence-electron chi connectivity index (χ0n) is 17.2. The maximum absolute atomic E-state index is 11.7. The molecule has 2 unspecified atom stereocenters. The lowest BCUT2D eigenvalue weighted by molar-refractivity contribution is -0.173. The zero-order valence-corrected chi connectivity index (χ0v) is 18.0. The number of rotatable bonds is 14. The lowest BCUT2D eigenvalue weighted by Gasteiger charge is -2.42. The van der Waals surface area contributed by atoms with E-state index in [9.17, 15) is 24.9 Å². The Labute approximate surface area is 177 Å². The molecule has 2 amide bonds. The number of carbonyl (C=O) groups excluding carboxylic acids is 2. The number of amides is 2. The normalized spacial score (nSPS) is 26.9. The summed E-state index contributed by atoms with van der Waals surface area (Å²) < 4.78 is 5.67. The van der Waals surface area contributed by atoms with Crippen LogP contribution in [0, 0.1) is 0 Å². The van der Waals surface area contributed by atoms with Gasteiger partial charge in [0.05, 0.1) is 12.6 Å². The summed E-state index contributed by atoms with van der Waals surface area (Å²) in [5.74, 6) is 0.485. The van der Waals surface area contributed by atoms with Crippen molar-refractivity contribution in [3.63, 3.8) is 0 Å². The maximum Gasteiger partial charge on any atom is 0.219 e. The van der Waals surface area contributed by atoms with Gasteiger partial charge in [-0.25, -0.2) is 0 Å². The van der Waals surface area contributed by atoms with E-state index in [0.717, 1.165) is 44.3 Å². The summed E-state index contributed by atoms with van der Waals surface area (Å²) in [6.07, 6.45) is 2.67. The molecular weight excluding hydrogens is 398 g/mol. The van der Waals surface area contributed by atoms with E-state index in [1.54, 1.807) is 0 Å². The van der Waals surface area contributed by atoms with E-state index in [1.165, 1.54) is 18.7 Å². The molecular formula is C19H37N3O6S. The third-order valence-electron chi connectivity index (χ3n) is 4.78. The van der Waals surface area contributed by atoms with Gasteiger partial charge in [0.25, 0.3) is 0 Å². The highest BCUT2D eigenvalue weighted by molar-refractivity contribution is 7.99. The second-order valence-electron chi connectivity index (χ2n) is 7.31. The van der Waals surface area contributed by atoms with E-state index in [4.69, 9.17) is 10.5 Å². The number of ether oxygens (including phenoxy) is 1. The molecule has 29 heavy (non-hydrogen) atoms. The SMILES string of the molecule is CC(=O)NC1[C@@H](O)[C@@H](O)C(CO)O[C@H]1SCCCCCNC(=O)CCCCCN. The second-order valence-corrected chi connectivity index (χ2v) is 8.52. The molecule has 170 valence electrons. The summed E-state index contributed by atoms with van der Waals surface area (Å²) in [4.78, 5) is 23.1. The van der Waals surface area contributed by atoms with Crippen LogP contribution in [0.5, 0.6) is 0 Å². The van der Waals surface area contributed by atoms with Gasteiger partial charge in [-0.1, -0.05) is 12.8 Å². The molecule has 0 spiro atoms. The highest BCUT2D eigenvalue weighted by Gasteiger charge is 2.44. The Balaban J connectivity index is 2.24. The van der Waals surface area contributed by atoms with Crippen molar-refractivity contribution >= 4 is 23.6 Å². The molecule has 0 radical (unpaired) electrons. The van der Waals surface area contributed by atoms with E-state index in [-0.39, 0.29) is 11.8 Å². The van der Waals surface area contributed by atoms with Crippen molar-refractivity contribution in [2.24, 2.45) is 5.73 Å². The van der Waals surface area contributed by atoms with Crippen LogP contribution < -0.4 is 16.4 Å². The first-order chi connectivity index (χ1) is 13.9. The third kappa shape index (κ3) is 10.1. The van der Waals surface area contributed by atoms with E-state index in [2.05, 4.69) is 10.6 Å². The van der Waals surface area contributed by atoms with Gasteiger partial charge in [0.15, 0.2) is 0 Å². The quantitative estimate of drug-likeness (QED) is 0.199. The van der Waals surface area contributed by atoms with Crippen molar-refractivity contribution in [3.8, 4) is 0 Å². The summed E-state index contributed by atoms with van der Waals surface area (Å²) in [7, 11) is 0. The largest absolute Gasteiger partial charge is 0.394 e. The second kappa shape index (κ2) is 15.0. The molecule has 1 rings (SSSR count). The van der Waals surface area contributed by atoms with Gasteiger partial charge >= 0.3 is 0 Å². The summed E-state index contributed by atoms with van der Waals surface area (Å²) >= 11 is 1.44. The summed E-state index contributed by atoms with van der Waals surface area (Å²) in [6.45, 7) is 2.24. The van der Waals surface area contributed by atoms with Crippen molar-refractivity contribution in [1.29, 1.82) is 0 Å². The van der Waals surface area contributed by atoms with Crippen LogP contribution in [0.3, 0.4) is 0 Å². The molecule has 7 N–H and O–H groups in total. The number of carbonyl (C=O) groups is 2. The lowest BCUT2D eigenvalue weighted by atomic mass is 9.98. The Bertz CT molecular complexity index is 485. The standard InChI is InChI=1S/C19H37N3O6S/c1-13(24)22-16-18(27)17(26)14(12-23)28-19(16)29-11-7-3-6-10-21-15(25)8-4-2-5-9-20/h14,16-19,23,26-27H,2-12,20H2,1H3,(H,21,25)(H,22,24)/t14?,16?,17-,18+,19-/m0/s1. The molecule has 5 atom stereocenters. The minimum Gasteiger partial charge on any atom is -0.394 e. The first-order valence-corrected chi connectivity index (χ1v) is 11.4. The molecule has 0 aromatic carbocycles. The predicted molar refractivity (Wildman–Crippen MR) is 112 cm³/mol. The fraction of sp³-hybridized carbons (Fsp3) is 0.895. The fourth-order valence-electron chi connectivity index (χ4n) is 3.14. The number of hydrogen-bond donors (Lipinski definition) is 6. The average molecular weight is 436 g/mol. The Hall–Kier alpha value is -0.910. The molecule has 1 fully saturated rings. The Kier molecular flexibility index (Phi) is 13.5. The molecule has 0 aromatic rings. The molecule has 0 aromatic heterocycles. The molecule has 1 heterocycles. The van der Waals surface area contributed by atoms with Crippen LogP contribution in [0.15, 0.2) is 0 Å². The highest BCUT2D eigenvalue weighted by Crippen LogP contribution is 2.29. The molecule has 10 heteroatoms. The first kappa shape index (κ1) is 26.1. The Morgan fingerprint density at radius 3 is 2.45 bits per heavy atom. The molecule has 1 saturated heterocycles. The average Bonchev–Trinajstić information content (AvgIpc) is 2.69. The molecule has 0 aliphatic carbocycles. The smallest absolute Gasteiger partial charge is 0.219 e. The monoisotopic (exact) mass is 435 g/mol. The number of thioether (sulfide) groups is 1. The van der Waals surface area contributed by atoms with E-state index in [1.807, 2.05) is 0 Å². The van der Waals surface area contributed by atoms with Gasteiger partial charge in [-0.05, 0) is 38.0 Å². The lowest BCUT2D eigenvalue weighted by Crippen LogP contribution is -2.63. The maximum atomic E-state index is 11.7. The number of unbranched alkanes of at least 4 members (excludes halogenated alkanes) is 4. The number of aliphatic hydroxyl groups excluding tert-OH is 3. The first-order valence-electron chi connectivity index (χ1n) is 10.4. The van der Waals surface area contributed by atoms with Gasteiger partial charge in [0, 0.05) is 19.9 Å². The summed E-state index contributed by atoms with van der Waals surface area (Å²) in [5, 5.41) is 35.1.